The van der Waals surface area contributed by atoms with Gasteiger partial charge in [-0.15, -0.1) is 0 Å². The molecule has 0 spiro atoms. The highest BCUT2D eigenvalue weighted by atomic mass is 79.9. The number of nitrogens with zero attached hydrogens (tertiary/aromatic N) is 1. The summed E-state index contributed by atoms with van der Waals surface area (Å²) in [6.07, 6.45) is -2.74. The number of non-ortho nitro benzene ring substituents is 1. The van der Waals surface area contributed by atoms with Crippen molar-refractivity contribution in [3.8, 4) is 5.75 Å². The number of rotatable bonds is 5. The summed E-state index contributed by atoms with van der Waals surface area (Å²) in [5.41, 5.74) is 0.125. The molecule has 10 nitrogen and oxygen atoms in total. The Morgan fingerprint density at radius 1 is 1.57 bits per heavy atom. The fraction of sp³-hybridized carbons (Fsp3) is 0.500. The zero-order valence-corrected chi connectivity index (χ0v) is 17.3. The molecule has 0 radical (unpaired) electrons. The first kappa shape index (κ1) is 21.4. The number of halogens is 3. The van der Waals surface area contributed by atoms with Crippen LogP contribution in [-0.4, -0.2) is 39.8 Å². The molecule has 2 aliphatic rings. The van der Waals surface area contributed by atoms with Gasteiger partial charge in [0.15, 0.2) is 11.1 Å². The molecule has 0 aliphatic carbocycles. The van der Waals surface area contributed by atoms with Crippen LogP contribution in [0, 0.1) is 10.1 Å². The molecule has 1 aromatic rings. The largest absolute Gasteiger partial charge is 0.530 e. The van der Waals surface area contributed by atoms with Crippen LogP contribution in [0.5, 0.6) is 5.75 Å². The Hall–Kier alpha value is -1.30. The van der Waals surface area contributed by atoms with E-state index in [1.807, 2.05) is 0 Å². The van der Waals surface area contributed by atoms with Crippen molar-refractivity contribution >= 4 is 47.0 Å². The third-order valence-corrected chi connectivity index (χ3v) is 6.74. The van der Waals surface area contributed by atoms with Gasteiger partial charge in [-0.25, -0.2) is 8.96 Å². The predicted octanol–water partition coefficient (Wildman–Crippen LogP) is 3.58. The summed E-state index contributed by atoms with van der Waals surface area (Å²) in [6, 6.07) is 3.65. The zero-order chi connectivity index (χ0) is 20.7. The number of phosphoric acid groups is 1. The molecule has 0 N–H and O–H groups in total. The summed E-state index contributed by atoms with van der Waals surface area (Å²) in [4.78, 5) is 21.4. The first-order valence-electron chi connectivity index (χ1n) is 7.72. The Labute approximate surface area is 171 Å². The molecule has 0 saturated carbocycles. The minimum Gasteiger partial charge on any atom is -0.455 e. The number of carbonyl (C=O) groups excluding carboxylic acids is 1. The van der Waals surface area contributed by atoms with Gasteiger partial charge in [0.05, 0.1) is 18.1 Å². The van der Waals surface area contributed by atoms with Crippen molar-refractivity contribution in [2.75, 3.05) is 6.61 Å². The van der Waals surface area contributed by atoms with Crippen LogP contribution in [-0.2, 0) is 34.5 Å². The van der Waals surface area contributed by atoms with Crippen molar-refractivity contribution in [1.29, 1.82) is 0 Å². The van der Waals surface area contributed by atoms with Gasteiger partial charge >= 0.3 is 13.8 Å². The molecule has 0 amide bonds. The van der Waals surface area contributed by atoms with Gasteiger partial charge in [-0.3, -0.25) is 24.0 Å². The van der Waals surface area contributed by atoms with E-state index in [9.17, 15) is 23.9 Å². The molecule has 1 aromatic carbocycles. The van der Waals surface area contributed by atoms with E-state index < -0.39 is 47.7 Å². The standard InChI is InChI=1S/C14H13BrClFNO9P/c1-7(19)25-12-11(26-13(15)14(12,16)17)6-24-28(22)23-5-8-4-9(18(20)21)2-3-10(8)27-28/h2-4,11-13H,5-6H2,1H3/t11-,12-,13-,14-,28?/m1/s1. The average Bonchev–Trinajstić information content (AvgIpc) is 2.82. The molecule has 1 saturated heterocycles. The lowest BCUT2D eigenvalue weighted by Gasteiger charge is -2.27. The number of nitro groups is 1. The summed E-state index contributed by atoms with van der Waals surface area (Å²) in [5, 5.41) is 6.91. The fourth-order valence-corrected chi connectivity index (χ4v) is 4.56. The van der Waals surface area contributed by atoms with Crippen molar-refractivity contribution in [3.63, 3.8) is 0 Å². The average molecular weight is 505 g/mol. The number of alkyl halides is 3. The van der Waals surface area contributed by atoms with E-state index in [2.05, 4.69) is 15.9 Å². The smallest absolute Gasteiger partial charge is 0.455 e. The van der Waals surface area contributed by atoms with Crippen LogP contribution in [0.25, 0.3) is 0 Å². The van der Waals surface area contributed by atoms with Crippen molar-refractivity contribution < 1.29 is 41.7 Å². The Morgan fingerprint density at radius 2 is 2.29 bits per heavy atom. The van der Waals surface area contributed by atoms with Crippen molar-refractivity contribution in [2.45, 2.75) is 35.9 Å². The van der Waals surface area contributed by atoms with Crippen LogP contribution in [0.3, 0.4) is 0 Å². The maximum absolute atomic E-state index is 14.5. The van der Waals surface area contributed by atoms with Gasteiger partial charge < -0.3 is 14.0 Å². The number of nitro benzene ring substituents is 1. The van der Waals surface area contributed by atoms with E-state index in [1.54, 1.807) is 0 Å². The van der Waals surface area contributed by atoms with Crippen molar-refractivity contribution in [3.05, 3.63) is 33.9 Å². The van der Waals surface area contributed by atoms with Crippen LogP contribution in [0.15, 0.2) is 18.2 Å². The molecule has 2 aliphatic heterocycles. The minimum atomic E-state index is -4.13. The Bertz CT molecular complexity index is 856. The van der Waals surface area contributed by atoms with Crippen LogP contribution < -0.4 is 4.52 Å². The summed E-state index contributed by atoms with van der Waals surface area (Å²) in [7, 11) is -4.13. The number of esters is 1. The molecular formula is C14H13BrClFNO9P. The quantitative estimate of drug-likeness (QED) is 0.195. The monoisotopic (exact) mass is 503 g/mol. The number of phosphoric ester groups is 1. The maximum atomic E-state index is 14.5. The van der Waals surface area contributed by atoms with Gasteiger partial charge in [-0.1, -0.05) is 27.5 Å². The summed E-state index contributed by atoms with van der Waals surface area (Å²) >= 11 is 8.62. The molecule has 154 valence electrons. The Kier molecular flexibility index (Phi) is 6.00. The second kappa shape index (κ2) is 7.85. The van der Waals surface area contributed by atoms with Crippen LogP contribution >= 0.6 is 35.4 Å². The van der Waals surface area contributed by atoms with Crippen LogP contribution in [0.1, 0.15) is 12.5 Å². The Morgan fingerprint density at radius 3 is 2.93 bits per heavy atom. The minimum absolute atomic E-state index is 0.0830. The molecule has 28 heavy (non-hydrogen) atoms. The summed E-state index contributed by atoms with van der Waals surface area (Å²) in [5.74, 6) is -0.713. The number of benzene rings is 1. The van der Waals surface area contributed by atoms with Crippen molar-refractivity contribution in [2.24, 2.45) is 0 Å². The highest BCUT2D eigenvalue weighted by Gasteiger charge is 2.58. The number of ether oxygens (including phenoxy) is 2. The first-order valence-corrected chi connectivity index (χ1v) is 10.5. The van der Waals surface area contributed by atoms with E-state index in [1.165, 1.54) is 18.2 Å². The second-order valence-electron chi connectivity index (χ2n) is 5.85. The Balaban J connectivity index is 1.69. The zero-order valence-electron chi connectivity index (χ0n) is 14.1. The molecule has 2 heterocycles. The molecule has 14 heteroatoms. The summed E-state index contributed by atoms with van der Waals surface area (Å²) in [6.45, 7) is 0.271. The van der Waals surface area contributed by atoms with Gasteiger partial charge in [-0.2, -0.15) is 0 Å². The first-order chi connectivity index (χ1) is 13.0. The SMILES string of the molecule is CC(=O)O[C@@H]1[C@@H](COP2(=O)OCc3cc([N+](=O)[O-])ccc3O2)O[C@@H](Br)[C@@]1(F)Cl. The molecular weight excluding hydrogens is 491 g/mol. The number of fused-ring (bicyclic) bond motifs is 1. The molecule has 1 fully saturated rings. The third-order valence-electron chi connectivity index (χ3n) is 3.85. The molecule has 0 bridgehead atoms. The van der Waals surface area contributed by atoms with Gasteiger partial charge in [0.25, 0.3) is 10.8 Å². The van der Waals surface area contributed by atoms with E-state index in [0.717, 1.165) is 6.92 Å². The number of carbonyl (C=O) groups is 1. The van der Waals surface area contributed by atoms with E-state index in [0.29, 0.717) is 5.56 Å². The maximum Gasteiger partial charge on any atom is 0.530 e. The molecule has 5 atom stereocenters. The topological polar surface area (TPSA) is 123 Å². The van der Waals surface area contributed by atoms with E-state index >= 15 is 0 Å². The van der Waals surface area contributed by atoms with Gasteiger partial charge in [0.1, 0.15) is 11.9 Å². The predicted molar refractivity (Wildman–Crippen MR) is 94.9 cm³/mol. The van der Waals surface area contributed by atoms with E-state index in [-0.39, 0.29) is 18.0 Å². The molecule has 1 unspecified atom stereocenters. The number of hydrogen-bond donors (Lipinski definition) is 0. The number of hydrogen-bond acceptors (Lipinski definition) is 9. The molecule has 3 rings (SSSR count). The second-order valence-corrected chi connectivity index (χ2v) is 8.86. The third kappa shape index (κ3) is 4.32. The van der Waals surface area contributed by atoms with Crippen molar-refractivity contribution in [1.82, 2.24) is 0 Å². The van der Waals surface area contributed by atoms with Crippen LogP contribution in [0.2, 0.25) is 0 Å². The van der Waals surface area contributed by atoms with E-state index in [4.69, 9.17) is 34.6 Å². The van der Waals surface area contributed by atoms with Gasteiger partial charge in [-0.05, 0) is 6.07 Å². The lowest BCUT2D eigenvalue weighted by molar-refractivity contribution is -0.385. The molecule has 0 aromatic heterocycles. The normalized spacial score (nSPS) is 34.4. The van der Waals surface area contributed by atoms with Crippen LogP contribution in [0.4, 0.5) is 10.1 Å². The highest BCUT2D eigenvalue weighted by molar-refractivity contribution is 9.09. The van der Waals surface area contributed by atoms with Gasteiger partial charge in [0.2, 0.25) is 0 Å². The van der Waals surface area contributed by atoms with Gasteiger partial charge in [0, 0.05) is 24.6 Å². The highest BCUT2D eigenvalue weighted by Crippen LogP contribution is 2.55. The fourth-order valence-electron chi connectivity index (χ4n) is 2.56. The lowest BCUT2D eigenvalue weighted by atomic mass is 10.1. The lowest BCUT2D eigenvalue weighted by Crippen LogP contribution is -2.42. The summed E-state index contributed by atoms with van der Waals surface area (Å²) < 4.78 is 52.7.